The highest BCUT2D eigenvalue weighted by Gasteiger charge is 2.15. The highest BCUT2D eigenvalue weighted by Crippen LogP contribution is 2.37. The molecule has 5 nitrogen and oxygen atoms in total. The van der Waals surface area contributed by atoms with Crippen LogP contribution in [0.25, 0.3) is 11.1 Å². The third-order valence-corrected chi connectivity index (χ3v) is 5.88. The predicted molar refractivity (Wildman–Crippen MR) is 118 cm³/mol. The Bertz CT molecular complexity index is 1200. The molecule has 1 aromatic heterocycles. The normalized spacial score (nSPS) is 11.4. The van der Waals surface area contributed by atoms with E-state index in [2.05, 4.69) is 16.6 Å². The molecular weight excluding hydrogens is 422 g/mol. The van der Waals surface area contributed by atoms with Crippen LogP contribution in [-0.4, -0.2) is 19.2 Å². The van der Waals surface area contributed by atoms with E-state index in [4.69, 9.17) is 4.74 Å². The van der Waals surface area contributed by atoms with E-state index in [0.717, 1.165) is 41.9 Å². The molecule has 0 aliphatic rings. The first-order valence-electron chi connectivity index (χ1n) is 9.96. The van der Waals surface area contributed by atoms with Crippen molar-refractivity contribution < 1.29 is 21.9 Å². The van der Waals surface area contributed by atoms with Gasteiger partial charge in [0.1, 0.15) is 11.6 Å². The monoisotopic (exact) mass is 446 g/mol. The number of halogens is 2. The number of aryl methyl sites for hydroxylation is 2. The van der Waals surface area contributed by atoms with E-state index in [9.17, 15) is 17.2 Å². The molecule has 164 valence electrons. The SMILES string of the molecule is CCCc1cc(-c2cc(NS(=O)(=O)CC)ccc2Oc2ccc(F)cc2F)cc(C)n1. The van der Waals surface area contributed by atoms with Gasteiger partial charge in [-0.1, -0.05) is 13.3 Å². The van der Waals surface area contributed by atoms with E-state index in [-0.39, 0.29) is 11.5 Å². The number of hydrogen-bond acceptors (Lipinski definition) is 4. The molecule has 0 radical (unpaired) electrons. The highest BCUT2D eigenvalue weighted by molar-refractivity contribution is 7.92. The largest absolute Gasteiger partial charge is 0.454 e. The maximum atomic E-state index is 14.2. The van der Waals surface area contributed by atoms with Gasteiger partial charge in [0, 0.05) is 28.7 Å². The molecule has 0 atom stereocenters. The van der Waals surface area contributed by atoms with Crippen LogP contribution in [0.4, 0.5) is 14.5 Å². The molecule has 1 N–H and O–H groups in total. The van der Waals surface area contributed by atoms with Gasteiger partial charge in [-0.15, -0.1) is 0 Å². The van der Waals surface area contributed by atoms with Gasteiger partial charge in [-0.05, 0) is 68.3 Å². The molecule has 0 fully saturated rings. The molecule has 0 unspecified atom stereocenters. The van der Waals surface area contributed by atoms with E-state index in [1.54, 1.807) is 19.1 Å². The molecule has 0 amide bonds. The third-order valence-electron chi connectivity index (χ3n) is 4.57. The number of benzene rings is 2. The van der Waals surface area contributed by atoms with Crippen LogP contribution in [0, 0.1) is 18.6 Å². The van der Waals surface area contributed by atoms with Crippen molar-refractivity contribution in [2.24, 2.45) is 0 Å². The third kappa shape index (κ3) is 5.79. The van der Waals surface area contributed by atoms with Crippen LogP contribution in [0.3, 0.4) is 0 Å². The van der Waals surface area contributed by atoms with Crippen LogP contribution < -0.4 is 9.46 Å². The topological polar surface area (TPSA) is 68.3 Å². The fraction of sp³-hybridized carbons (Fsp3) is 0.261. The average Bonchev–Trinajstić information content (AvgIpc) is 2.70. The molecule has 3 aromatic rings. The van der Waals surface area contributed by atoms with Gasteiger partial charge in [0.25, 0.3) is 0 Å². The predicted octanol–water partition coefficient (Wildman–Crippen LogP) is 5.84. The van der Waals surface area contributed by atoms with E-state index >= 15 is 0 Å². The highest BCUT2D eigenvalue weighted by atomic mass is 32.2. The number of pyridine rings is 1. The first-order valence-corrected chi connectivity index (χ1v) is 11.6. The molecule has 31 heavy (non-hydrogen) atoms. The fourth-order valence-corrected chi connectivity index (χ4v) is 3.74. The van der Waals surface area contributed by atoms with E-state index in [1.165, 1.54) is 12.1 Å². The van der Waals surface area contributed by atoms with Crippen molar-refractivity contribution in [3.8, 4) is 22.6 Å². The van der Waals surface area contributed by atoms with Crippen LogP contribution in [-0.2, 0) is 16.4 Å². The Kier molecular flexibility index (Phi) is 6.90. The molecule has 0 aliphatic carbocycles. The number of anilines is 1. The summed E-state index contributed by atoms with van der Waals surface area (Å²) in [5.41, 5.74) is 3.35. The molecule has 3 rings (SSSR count). The van der Waals surface area contributed by atoms with Gasteiger partial charge in [0.15, 0.2) is 11.6 Å². The van der Waals surface area contributed by atoms with Gasteiger partial charge < -0.3 is 4.74 Å². The van der Waals surface area contributed by atoms with Gasteiger partial charge in [-0.2, -0.15) is 0 Å². The van der Waals surface area contributed by atoms with Crippen LogP contribution in [0.2, 0.25) is 0 Å². The van der Waals surface area contributed by atoms with Crippen LogP contribution >= 0.6 is 0 Å². The van der Waals surface area contributed by atoms with Gasteiger partial charge in [0.05, 0.1) is 5.75 Å². The summed E-state index contributed by atoms with van der Waals surface area (Å²) in [6, 6.07) is 11.5. The zero-order chi connectivity index (χ0) is 22.6. The van der Waals surface area contributed by atoms with Crippen molar-refractivity contribution in [3.05, 3.63) is 71.6 Å². The van der Waals surface area contributed by atoms with Crippen molar-refractivity contribution in [2.45, 2.75) is 33.6 Å². The zero-order valence-electron chi connectivity index (χ0n) is 17.6. The molecule has 0 saturated heterocycles. The summed E-state index contributed by atoms with van der Waals surface area (Å²) in [6.07, 6.45) is 1.69. The summed E-state index contributed by atoms with van der Waals surface area (Å²) < 4.78 is 59.8. The molecule has 0 spiro atoms. The quantitative estimate of drug-likeness (QED) is 0.472. The minimum absolute atomic E-state index is 0.0730. The first-order chi connectivity index (χ1) is 14.7. The lowest BCUT2D eigenvalue weighted by Crippen LogP contribution is -2.14. The van der Waals surface area contributed by atoms with Crippen LogP contribution in [0.5, 0.6) is 11.5 Å². The van der Waals surface area contributed by atoms with E-state index in [0.29, 0.717) is 17.0 Å². The lowest BCUT2D eigenvalue weighted by atomic mass is 10.0. The maximum absolute atomic E-state index is 14.2. The maximum Gasteiger partial charge on any atom is 0.232 e. The fourth-order valence-electron chi connectivity index (χ4n) is 3.11. The number of rotatable bonds is 8. The number of sulfonamides is 1. The number of nitrogens with one attached hydrogen (secondary N) is 1. The smallest absolute Gasteiger partial charge is 0.232 e. The van der Waals surface area contributed by atoms with Crippen molar-refractivity contribution in [2.75, 3.05) is 10.5 Å². The van der Waals surface area contributed by atoms with Crippen LogP contribution in [0.15, 0.2) is 48.5 Å². The molecule has 2 aromatic carbocycles. The van der Waals surface area contributed by atoms with Gasteiger partial charge in [0.2, 0.25) is 10.0 Å². The van der Waals surface area contributed by atoms with Crippen LogP contribution in [0.1, 0.15) is 31.7 Å². The second-order valence-corrected chi connectivity index (χ2v) is 9.14. The number of nitrogens with zero attached hydrogens (tertiary/aromatic N) is 1. The molecular formula is C23H24F2N2O3S. The minimum atomic E-state index is -3.48. The number of hydrogen-bond donors (Lipinski definition) is 1. The molecule has 8 heteroatoms. The van der Waals surface area contributed by atoms with Gasteiger partial charge in [-0.25, -0.2) is 17.2 Å². The Morgan fingerprint density at radius 2 is 1.74 bits per heavy atom. The van der Waals surface area contributed by atoms with Gasteiger partial charge >= 0.3 is 0 Å². The first kappa shape index (κ1) is 22.7. The Morgan fingerprint density at radius 3 is 2.42 bits per heavy atom. The Labute approximate surface area is 181 Å². The van der Waals surface area contributed by atoms with Crippen molar-refractivity contribution in [3.63, 3.8) is 0 Å². The van der Waals surface area contributed by atoms with Gasteiger partial charge in [-0.3, -0.25) is 9.71 Å². The lowest BCUT2D eigenvalue weighted by Gasteiger charge is -2.16. The molecule has 0 aliphatic heterocycles. The minimum Gasteiger partial charge on any atom is -0.454 e. The Morgan fingerprint density at radius 1 is 1.00 bits per heavy atom. The standard InChI is InChI=1S/C23H24F2N2O3S/c1-4-6-18-12-16(11-15(3)26-18)20-14-19(27-31(28,29)5-2)8-10-22(20)30-23-9-7-17(24)13-21(23)25/h7-14,27H,4-6H2,1-3H3. The summed E-state index contributed by atoms with van der Waals surface area (Å²) in [5.74, 6) is -1.44. The Balaban J connectivity index is 2.12. The van der Waals surface area contributed by atoms with Crippen molar-refractivity contribution in [1.29, 1.82) is 0 Å². The summed E-state index contributed by atoms with van der Waals surface area (Å²) in [5, 5.41) is 0. The van der Waals surface area contributed by atoms with Crippen molar-refractivity contribution >= 4 is 15.7 Å². The summed E-state index contributed by atoms with van der Waals surface area (Å²) in [4.78, 5) is 4.53. The van der Waals surface area contributed by atoms with E-state index in [1.807, 2.05) is 19.1 Å². The second kappa shape index (κ2) is 9.43. The average molecular weight is 447 g/mol. The molecule has 0 bridgehead atoms. The zero-order valence-corrected chi connectivity index (χ0v) is 18.4. The second-order valence-electron chi connectivity index (χ2n) is 7.13. The summed E-state index contributed by atoms with van der Waals surface area (Å²) >= 11 is 0. The Hall–Kier alpha value is -3.00. The number of ether oxygens (including phenoxy) is 1. The molecule has 1 heterocycles. The summed E-state index contributed by atoms with van der Waals surface area (Å²) in [7, 11) is -3.48. The molecule has 0 saturated carbocycles. The lowest BCUT2D eigenvalue weighted by molar-refractivity contribution is 0.439. The summed E-state index contributed by atoms with van der Waals surface area (Å²) in [6.45, 7) is 5.46. The van der Waals surface area contributed by atoms with E-state index < -0.39 is 21.7 Å². The van der Waals surface area contributed by atoms with Crippen molar-refractivity contribution in [1.82, 2.24) is 4.98 Å². The number of aromatic nitrogens is 1.